The average molecular weight is 292 g/mol. The van der Waals surface area contributed by atoms with E-state index in [9.17, 15) is 14.7 Å². The number of Topliss-reactive ketones (excluding diaryl/α,β-unsaturated/α-hetero) is 1. The maximum absolute atomic E-state index is 12.6. The molecule has 0 spiro atoms. The summed E-state index contributed by atoms with van der Waals surface area (Å²) >= 11 is 0. The summed E-state index contributed by atoms with van der Waals surface area (Å²) < 4.78 is 0. The number of rotatable bonds is 2. The van der Waals surface area contributed by atoms with Gasteiger partial charge in [-0.3, -0.25) is 4.79 Å². The molecule has 3 heteroatoms. The Hall–Kier alpha value is -2.68. The molecular weight excluding hydrogens is 276 g/mol. The van der Waals surface area contributed by atoms with Crippen molar-refractivity contribution in [1.29, 1.82) is 0 Å². The summed E-state index contributed by atoms with van der Waals surface area (Å²) in [5, 5.41) is 9.25. The fraction of sp³-hybridized carbons (Fsp3) is 0.158. The third-order valence-corrected chi connectivity index (χ3v) is 4.16. The smallest absolute Gasteiger partial charge is 0.336 e. The number of carboxylic acid groups (broad SMARTS) is 1. The number of fused-ring (bicyclic) bond motifs is 1. The molecule has 1 aliphatic carbocycles. The van der Waals surface area contributed by atoms with Gasteiger partial charge in [0.2, 0.25) is 0 Å². The van der Waals surface area contributed by atoms with Crippen LogP contribution in [-0.2, 0) is 6.42 Å². The molecule has 0 unspecified atom stereocenters. The number of carbonyl (C=O) groups excluding carboxylic acids is 1. The molecular formula is C19H16O3. The van der Waals surface area contributed by atoms with Crippen LogP contribution in [0.1, 0.15) is 43.0 Å². The quantitative estimate of drug-likeness (QED) is 0.856. The molecule has 0 radical (unpaired) electrons. The number of hydrogen-bond acceptors (Lipinski definition) is 2. The molecule has 0 bridgehead atoms. The summed E-state index contributed by atoms with van der Waals surface area (Å²) in [6, 6.07) is 10.7. The predicted octanol–water partition coefficient (Wildman–Crippen LogP) is 3.82. The lowest BCUT2D eigenvalue weighted by Crippen LogP contribution is -2.01. The van der Waals surface area contributed by atoms with Crippen molar-refractivity contribution >= 4 is 17.8 Å². The van der Waals surface area contributed by atoms with Crippen molar-refractivity contribution in [1.82, 2.24) is 0 Å². The van der Waals surface area contributed by atoms with Crippen LogP contribution in [-0.4, -0.2) is 16.9 Å². The van der Waals surface area contributed by atoms with Gasteiger partial charge in [-0.15, -0.1) is 0 Å². The van der Waals surface area contributed by atoms with Crippen LogP contribution in [0.5, 0.6) is 0 Å². The lowest BCUT2D eigenvalue weighted by Gasteiger charge is -2.04. The van der Waals surface area contributed by atoms with Crippen LogP contribution in [0.3, 0.4) is 0 Å². The van der Waals surface area contributed by atoms with Gasteiger partial charge in [0.1, 0.15) is 0 Å². The molecule has 0 amide bonds. The first-order valence-corrected chi connectivity index (χ1v) is 7.15. The van der Waals surface area contributed by atoms with Crippen molar-refractivity contribution in [2.45, 2.75) is 20.3 Å². The number of carboxylic acids is 1. The maximum Gasteiger partial charge on any atom is 0.336 e. The van der Waals surface area contributed by atoms with E-state index in [1.165, 1.54) is 0 Å². The number of aromatic carboxylic acids is 1. The van der Waals surface area contributed by atoms with Crippen LogP contribution in [0.25, 0.3) is 6.08 Å². The molecule has 0 aliphatic heterocycles. The van der Waals surface area contributed by atoms with E-state index in [1.807, 2.05) is 26.0 Å². The van der Waals surface area contributed by atoms with Gasteiger partial charge in [-0.1, -0.05) is 30.3 Å². The standard InChI is InChI=1S/C19H16O3/c1-11-7-8-12(2)17-16(11)10-14(18(17)20)9-13-5-3-4-6-15(13)19(21)22/h3-9H,10H2,1-2H3,(H,21,22)/b14-9+. The molecule has 0 aromatic heterocycles. The lowest BCUT2D eigenvalue weighted by atomic mass is 10.00. The second-order valence-corrected chi connectivity index (χ2v) is 5.62. The van der Waals surface area contributed by atoms with E-state index < -0.39 is 5.97 Å². The van der Waals surface area contributed by atoms with E-state index >= 15 is 0 Å². The van der Waals surface area contributed by atoms with E-state index in [0.29, 0.717) is 17.6 Å². The van der Waals surface area contributed by atoms with Crippen LogP contribution in [0.15, 0.2) is 42.0 Å². The Bertz CT molecular complexity index is 829. The topological polar surface area (TPSA) is 54.4 Å². The van der Waals surface area contributed by atoms with Gasteiger partial charge in [-0.05, 0) is 48.2 Å². The minimum Gasteiger partial charge on any atom is -0.478 e. The Morgan fingerprint density at radius 3 is 2.45 bits per heavy atom. The van der Waals surface area contributed by atoms with Gasteiger partial charge in [0, 0.05) is 17.6 Å². The summed E-state index contributed by atoms with van der Waals surface area (Å²) in [6.07, 6.45) is 2.28. The van der Waals surface area contributed by atoms with Crippen LogP contribution in [0.4, 0.5) is 0 Å². The Morgan fingerprint density at radius 2 is 1.77 bits per heavy atom. The fourth-order valence-corrected chi connectivity index (χ4v) is 2.97. The van der Waals surface area contributed by atoms with E-state index in [0.717, 1.165) is 22.3 Å². The largest absolute Gasteiger partial charge is 0.478 e. The molecule has 22 heavy (non-hydrogen) atoms. The predicted molar refractivity (Wildman–Crippen MR) is 85.3 cm³/mol. The van der Waals surface area contributed by atoms with Crippen LogP contribution in [0, 0.1) is 13.8 Å². The first kappa shape index (κ1) is 14.3. The van der Waals surface area contributed by atoms with E-state index in [-0.39, 0.29) is 11.3 Å². The molecule has 3 rings (SSSR count). The molecule has 0 fully saturated rings. The summed E-state index contributed by atoms with van der Waals surface area (Å²) in [5.74, 6) is -0.973. The van der Waals surface area contributed by atoms with Gasteiger partial charge >= 0.3 is 5.97 Å². The zero-order valence-corrected chi connectivity index (χ0v) is 12.5. The first-order chi connectivity index (χ1) is 10.5. The SMILES string of the molecule is Cc1ccc(C)c2c1C/C(=C\c1ccccc1C(=O)O)C2=O. The van der Waals surface area contributed by atoms with Gasteiger partial charge < -0.3 is 5.11 Å². The zero-order chi connectivity index (χ0) is 15.9. The molecule has 110 valence electrons. The number of benzene rings is 2. The van der Waals surface area contributed by atoms with Gasteiger partial charge in [0.25, 0.3) is 0 Å². The van der Waals surface area contributed by atoms with Crippen molar-refractivity contribution in [2.75, 3.05) is 0 Å². The average Bonchev–Trinajstić information content (AvgIpc) is 2.82. The van der Waals surface area contributed by atoms with Gasteiger partial charge in [-0.2, -0.15) is 0 Å². The highest BCUT2D eigenvalue weighted by atomic mass is 16.4. The highest BCUT2D eigenvalue weighted by Crippen LogP contribution is 2.32. The summed E-state index contributed by atoms with van der Waals surface area (Å²) in [5.41, 5.74) is 5.35. The number of carbonyl (C=O) groups is 2. The second kappa shape index (κ2) is 5.26. The van der Waals surface area contributed by atoms with Crippen molar-refractivity contribution in [3.05, 3.63) is 75.4 Å². The van der Waals surface area contributed by atoms with Crippen LogP contribution < -0.4 is 0 Å². The van der Waals surface area contributed by atoms with Crippen LogP contribution >= 0.6 is 0 Å². The lowest BCUT2D eigenvalue weighted by molar-refractivity contribution is 0.0696. The summed E-state index contributed by atoms with van der Waals surface area (Å²) in [7, 11) is 0. The molecule has 1 aliphatic rings. The minimum absolute atomic E-state index is 0.0105. The van der Waals surface area contributed by atoms with Crippen LogP contribution in [0.2, 0.25) is 0 Å². The van der Waals surface area contributed by atoms with Crippen molar-refractivity contribution in [2.24, 2.45) is 0 Å². The number of ketones is 1. The summed E-state index contributed by atoms with van der Waals surface area (Å²) in [6.45, 7) is 3.93. The normalized spacial score (nSPS) is 15.2. The molecule has 2 aromatic carbocycles. The van der Waals surface area contributed by atoms with Gasteiger partial charge in [0.05, 0.1) is 5.56 Å². The molecule has 1 N–H and O–H groups in total. The minimum atomic E-state index is -0.984. The molecule has 0 heterocycles. The third kappa shape index (κ3) is 2.25. The number of allylic oxidation sites excluding steroid dienone is 1. The first-order valence-electron chi connectivity index (χ1n) is 7.15. The molecule has 3 nitrogen and oxygen atoms in total. The maximum atomic E-state index is 12.6. The Morgan fingerprint density at radius 1 is 1.09 bits per heavy atom. The highest BCUT2D eigenvalue weighted by Gasteiger charge is 2.28. The van der Waals surface area contributed by atoms with Gasteiger partial charge in [0.15, 0.2) is 5.78 Å². The number of aryl methyl sites for hydroxylation is 2. The Kier molecular flexibility index (Phi) is 3.41. The van der Waals surface area contributed by atoms with E-state index in [1.54, 1.807) is 30.3 Å². The molecule has 0 saturated carbocycles. The van der Waals surface area contributed by atoms with Crippen molar-refractivity contribution in [3.8, 4) is 0 Å². The fourth-order valence-electron chi connectivity index (χ4n) is 2.97. The molecule has 0 atom stereocenters. The monoisotopic (exact) mass is 292 g/mol. The third-order valence-electron chi connectivity index (χ3n) is 4.16. The second-order valence-electron chi connectivity index (χ2n) is 5.62. The van der Waals surface area contributed by atoms with E-state index in [4.69, 9.17) is 0 Å². The Balaban J connectivity index is 2.10. The van der Waals surface area contributed by atoms with Crippen molar-refractivity contribution in [3.63, 3.8) is 0 Å². The highest BCUT2D eigenvalue weighted by molar-refractivity contribution is 6.17. The molecule has 0 saturated heterocycles. The van der Waals surface area contributed by atoms with Crippen molar-refractivity contribution < 1.29 is 14.7 Å². The Labute approximate surface area is 128 Å². The van der Waals surface area contributed by atoms with Gasteiger partial charge in [-0.25, -0.2) is 4.79 Å². The number of hydrogen-bond donors (Lipinski definition) is 1. The van der Waals surface area contributed by atoms with E-state index in [2.05, 4.69) is 0 Å². The summed E-state index contributed by atoms with van der Waals surface area (Å²) in [4.78, 5) is 23.9. The molecule has 2 aromatic rings. The zero-order valence-electron chi connectivity index (χ0n) is 12.5.